The second kappa shape index (κ2) is 2.78. The van der Waals surface area contributed by atoms with Gasteiger partial charge in [-0.05, 0) is 17.7 Å². The molecule has 58 valence electrons. The molecule has 0 bridgehead atoms. The van der Waals surface area contributed by atoms with Crippen LogP contribution in [0.1, 0.15) is 5.56 Å². The molecular formula is C8H5F3. The monoisotopic (exact) mass is 158 g/mol. The van der Waals surface area contributed by atoms with E-state index in [1.54, 1.807) is 0 Å². The molecule has 0 amide bonds. The Balaban J connectivity index is 3.31. The number of hydrogen-bond donors (Lipinski definition) is 0. The summed E-state index contributed by atoms with van der Waals surface area (Å²) in [6.07, 6.45) is 1.24. The van der Waals surface area contributed by atoms with E-state index >= 15 is 0 Å². The van der Waals surface area contributed by atoms with Gasteiger partial charge >= 0.3 is 0 Å². The molecule has 0 aromatic heterocycles. The summed E-state index contributed by atoms with van der Waals surface area (Å²) in [5, 5.41) is 0. The molecule has 0 aliphatic rings. The van der Waals surface area contributed by atoms with E-state index in [0.717, 1.165) is 12.1 Å². The van der Waals surface area contributed by atoms with Crippen molar-refractivity contribution < 1.29 is 13.2 Å². The maximum Gasteiger partial charge on any atom is 0.194 e. The lowest BCUT2D eigenvalue weighted by Crippen LogP contribution is -1.90. The Kier molecular flexibility index (Phi) is 1.98. The van der Waals surface area contributed by atoms with Gasteiger partial charge in [-0.25, -0.2) is 13.2 Å². The van der Waals surface area contributed by atoms with Crippen LogP contribution in [0.4, 0.5) is 13.2 Å². The third-order valence-corrected chi connectivity index (χ3v) is 1.24. The Morgan fingerprint density at radius 1 is 1.09 bits per heavy atom. The minimum Gasteiger partial charge on any atom is -0.204 e. The van der Waals surface area contributed by atoms with E-state index in [0.29, 0.717) is 0 Å². The smallest absolute Gasteiger partial charge is 0.194 e. The summed E-state index contributed by atoms with van der Waals surface area (Å²) in [6.45, 7) is 3.29. The highest BCUT2D eigenvalue weighted by Crippen LogP contribution is 2.13. The highest BCUT2D eigenvalue weighted by Gasteiger charge is 2.08. The number of hydrogen-bond acceptors (Lipinski definition) is 0. The van der Waals surface area contributed by atoms with Crippen LogP contribution in [0.25, 0.3) is 6.08 Å². The fourth-order valence-electron chi connectivity index (χ4n) is 0.693. The molecule has 0 fully saturated rings. The molecule has 0 saturated carbocycles. The van der Waals surface area contributed by atoms with Crippen molar-refractivity contribution in [2.75, 3.05) is 0 Å². The Morgan fingerprint density at radius 2 is 1.55 bits per heavy atom. The largest absolute Gasteiger partial charge is 0.204 e. The van der Waals surface area contributed by atoms with E-state index in [1.807, 2.05) is 0 Å². The Labute approximate surface area is 62.0 Å². The van der Waals surface area contributed by atoms with Gasteiger partial charge < -0.3 is 0 Å². The first-order chi connectivity index (χ1) is 5.15. The average molecular weight is 158 g/mol. The summed E-state index contributed by atoms with van der Waals surface area (Å²) in [6, 6.07) is 1.76. The predicted molar refractivity (Wildman–Crippen MR) is 36.4 cm³/mol. The predicted octanol–water partition coefficient (Wildman–Crippen LogP) is 2.75. The Bertz CT molecular complexity index is 268. The van der Waals surface area contributed by atoms with E-state index in [2.05, 4.69) is 6.58 Å². The molecule has 0 radical (unpaired) electrons. The van der Waals surface area contributed by atoms with Gasteiger partial charge in [-0.1, -0.05) is 12.7 Å². The maximum absolute atomic E-state index is 12.4. The van der Waals surface area contributed by atoms with Crippen molar-refractivity contribution in [3.05, 3.63) is 41.7 Å². The van der Waals surface area contributed by atoms with Crippen LogP contribution in [-0.4, -0.2) is 0 Å². The quantitative estimate of drug-likeness (QED) is 0.551. The summed E-state index contributed by atoms with van der Waals surface area (Å²) < 4.78 is 37.0. The molecular weight excluding hydrogens is 153 g/mol. The van der Waals surface area contributed by atoms with Gasteiger partial charge in [-0.2, -0.15) is 0 Å². The Morgan fingerprint density at radius 3 is 1.91 bits per heavy atom. The fraction of sp³-hybridized carbons (Fsp3) is 0. The van der Waals surface area contributed by atoms with Gasteiger partial charge in [0.15, 0.2) is 17.5 Å². The average Bonchev–Trinajstić information content (AvgIpc) is 1.99. The van der Waals surface area contributed by atoms with Gasteiger partial charge in [0, 0.05) is 0 Å². The Hall–Kier alpha value is -1.25. The summed E-state index contributed by atoms with van der Waals surface area (Å²) in [4.78, 5) is 0. The third-order valence-electron chi connectivity index (χ3n) is 1.24. The number of rotatable bonds is 1. The zero-order valence-electron chi connectivity index (χ0n) is 5.57. The van der Waals surface area contributed by atoms with Gasteiger partial charge in [0.25, 0.3) is 0 Å². The standard InChI is InChI=1S/C8H5F3/c1-2-5-3-6(9)8(11)7(10)4-5/h2-4H,1H2. The second-order valence-corrected chi connectivity index (χ2v) is 2.00. The van der Waals surface area contributed by atoms with Crippen molar-refractivity contribution in [3.63, 3.8) is 0 Å². The van der Waals surface area contributed by atoms with E-state index in [9.17, 15) is 13.2 Å². The van der Waals surface area contributed by atoms with Crippen LogP contribution in [0.3, 0.4) is 0 Å². The fourth-order valence-corrected chi connectivity index (χ4v) is 0.693. The number of halogens is 3. The van der Waals surface area contributed by atoms with Gasteiger partial charge in [0.2, 0.25) is 0 Å². The summed E-state index contributed by atoms with van der Waals surface area (Å²) in [7, 11) is 0. The molecule has 0 nitrogen and oxygen atoms in total. The maximum atomic E-state index is 12.4. The highest BCUT2D eigenvalue weighted by atomic mass is 19.2. The second-order valence-electron chi connectivity index (χ2n) is 2.00. The minimum absolute atomic E-state index is 0.224. The van der Waals surface area contributed by atoms with E-state index < -0.39 is 17.5 Å². The van der Waals surface area contributed by atoms with Crippen LogP contribution in [-0.2, 0) is 0 Å². The highest BCUT2D eigenvalue weighted by molar-refractivity contribution is 5.46. The molecule has 3 heteroatoms. The molecule has 1 rings (SSSR count). The lowest BCUT2D eigenvalue weighted by atomic mass is 10.2. The van der Waals surface area contributed by atoms with Crippen LogP contribution in [0.15, 0.2) is 18.7 Å². The van der Waals surface area contributed by atoms with Crippen LogP contribution in [0, 0.1) is 17.5 Å². The first-order valence-electron chi connectivity index (χ1n) is 2.92. The van der Waals surface area contributed by atoms with E-state index in [4.69, 9.17) is 0 Å². The van der Waals surface area contributed by atoms with Crippen LogP contribution >= 0.6 is 0 Å². The molecule has 0 spiro atoms. The van der Waals surface area contributed by atoms with Crippen molar-refractivity contribution >= 4 is 6.08 Å². The van der Waals surface area contributed by atoms with Gasteiger partial charge in [0.1, 0.15) is 0 Å². The normalized spacial score (nSPS) is 9.73. The molecule has 0 aliphatic carbocycles. The zero-order valence-corrected chi connectivity index (χ0v) is 5.57. The van der Waals surface area contributed by atoms with Crippen molar-refractivity contribution in [2.45, 2.75) is 0 Å². The van der Waals surface area contributed by atoms with E-state index in [-0.39, 0.29) is 5.56 Å². The van der Waals surface area contributed by atoms with Gasteiger partial charge in [-0.3, -0.25) is 0 Å². The third kappa shape index (κ3) is 1.42. The summed E-state index contributed by atoms with van der Waals surface area (Å²) in [5.74, 6) is -3.84. The van der Waals surface area contributed by atoms with Crippen molar-refractivity contribution in [3.8, 4) is 0 Å². The molecule has 11 heavy (non-hydrogen) atoms. The first kappa shape index (κ1) is 7.85. The van der Waals surface area contributed by atoms with Crippen molar-refractivity contribution in [1.29, 1.82) is 0 Å². The van der Waals surface area contributed by atoms with Gasteiger partial charge in [0.05, 0.1) is 0 Å². The van der Waals surface area contributed by atoms with Crippen molar-refractivity contribution in [2.24, 2.45) is 0 Å². The summed E-state index contributed by atoms with van der Waals surface area (Å²) >= 11 is 0. The lowest BCUT2D eigenvalue weighted by Gasteiger charge is -1.96. The molecule has 1 aromatic carbocycles. The van der Waals surface area contributed by atoms with Crippen LogP contribution < -0.4 is 0 Å². The topological polar surface area (TPSA) is 0 Å². The molecule has 0 aliphatic heterocycles. The zero-order chi connectivity index (χ0) is 8.43. The molecule has 0 N–H and O–H groups in total. The van der Waals surface area contributed by atoms with Crippen molar-refractivity contribution in [1.82, 2.24) is 0 Å². The molecule has 0 unspecified atom stereocenters. The van der Waals surface area contributed by atoms with Gasteiger partial charge in [-0.15, -0.1) is 0 Å². The SMILES string of the molecule is C=Cc1cc(F)c(F)c(F)c1. The first-order valence-corrected chi connectivity index (χ1v) is 2.92. The van der Waals surface area contributed by atoms with Crippen LogP contribution in [0.5, 0.6) is 0 Å². The molecule has 0 heterocycles. The molecule has 0 atom stereocenters. The van der Waals surface area contributed by atoms with Crippen LogP contribution in [0.2, 0.25) is 0 Å². The summed E-state index contributed by atoms with van der Waals surface area (Å²) in [5.41, 5.74) is 0.224. The minimum atomic E-state index is -1.45. The molecule has 1 aromatic rings. The van der Waals surface area contributed by atoms with E-state index in [1.165, 1.54) is 6.08 Å². The lowest BCUT2D eigenvalue weighted by molar-refractivity contribution is 0.447. The number of benzene rings is 1. The molecule has 0 saturated heterocycles.